The Bertz CT molecular complexity index is 472. The van der Waals surface area contributed by atoms with E-state index in [1.807, 2.05) is 5.43 Å². The van der Waals surface area contributed by atoms with Crippen molar-refractivity contribution >= 4 is 17.8 Å². The van der Waals surface area contributed by atoms with Crippen LogP contribution in [0.5, 0.6) is 5.75 Å². The van der Waals surface area contributed by atoms with Crippen LogP contribution < -0.4 is 16.0 Å². The van der Waals surface area contributed by atoms with Crippen molar-refractivity contribution in [3.05, 3.63) is 29.8 Å². The lowest BCUT2D eigenvalue weighted by molar-refractivity contribution is -0.305. The van der Waals surface area contributed by atoms with Crippen molar-refractivity contribution < 1.29 is 24.6 Å². The molecule has 3 N–H and O–H groups in total. The SMILES string of the molecule is O=C([O-])CCC(=O)NNC(=O)c1ccccc1O. The predicted molar refractivity (Wildman–Crippen MR) is 58.0 cm³/mol. The maximum Gasteiger partial charge on any atom is 0.273 e. The highest BCUT2D eigenvalue weighted by Crippen LogP contribution is 2.14. The van der Waals surface area contributed by atoms with Crippen molar-refractivity contribution in [3.63, 3.8) is 0 Å². The van der Waals surface area contributed by atoms with Crippen molar-refractivity contribution in [2.75, 3.05) is 0 Å². The van der Waals surface area contributed by atoms with Crippen LogP contribution in [0, 0.1) is 0 Å². The number of phenols is 1. The van der Waals surface area contributed by atoms with E-state index in [9.17, 15) is 24.6 Å². The van der Waals surface area contributed by atoms with Crippen LogP contribution in [0.2, 0.25) is 0 Å². The third-order valence-corrected chi connectivity index (χ3v) is 2.02. The molecule has 0 heterocycles. The molecule has 1 aromatic rings. The number of nitrogens with one attached hydrogen (secondary N) is 2. The van der Waals surface area contributed by atoms with Crippen molar-refractivity contribution in [2.45, 2.75) is 12.8 Å². The molecule has 0 fully saturated rings. The number of amides is 2. The van der Waals surface area contributed by atoms with Crippen LogP contribution in [-0.4, -0.2) is 22.9 Å². The third kappa shape index (κ3) is 4.12. The average Bonchev–Trinajstić information content (AvgIpc) is 2.34. The van der Waals surface area contributed by atoms with Gasteiger partial charge in [-0.2, -0.15) is 0 Å². The summed E-state index contributed by atoms with van der Waals surface area (Å²) in [6, 6.07) is 5.79. The van der Waals surface area contributed by atoms with Crippen LogP contribution in [0.4, 0.5) is 0 Å². The number of carboxylic acid groups (broad SMARTS) is 1. The molecule has 96 valence electrons. The molecule has 0 saturated heterocycles. The van der Waals surface area contributed by atoms with E-state index in [4.69, 9.17) is 0 Å². The van der Waals surface area contributed by atoms with E-state index in [2.05, 4.69) is 5.43 Å². The van der Waals surface area contributed by atoms with Crippen molar-refractivity contribution in [3.8, 4) is 5.75 Å². The number of benzene rings is 1. The number of carbonyl (C=O) groups is 3. The fourth-order valence-corrected chi connectivity index (χ4v) is 1.14. The molecule has 1 aromatic carbocycles. The van der Waals surface area contributed by atoms with Crippen LogP contribution >= 0.6 is 0 Å². The lowest BCUT2D eigenvalue weighted by atomic mass is 10.2. The minimum absolute atomic E-state index is 0.00213. The second kappa shape index (κ2) is 6.24. The highest BCUT2D eigenvalue weighted by molar-refractivity contribution is 5.97. The van der Waals surface area contributed by atoms with E-state index in [-0.39, 0.29) is 17.7 Å². The number of hydrogen-bond acceptors (Lipinski definition) is 5. The monoisotopic (exact) mass is 251 g/mol. The van der Waals surface area contributed by atoms with Crippen LogP contribution in [0.15, 0.2) is 24.3 Å². The van der Waals surface area contributed by atoms with E-state index in [1.165, 1.54) is 12.1 Å². The Morgan fingerprint density at radius 2 is 1.78 bits per heavy atom. The van der Waals surface area contributed by atoms with Crippen molar-refractivity contribution in [1.82, 2.24) is 10.9 Å². The summed E-state index contributed by atoms with van der Waals surface area (Å²) in [5, 5.41) is 19.5. The Balaban J connectivity index is 2.45. The van der Waals surface area contributed by atoms with E-state index < -0.39 is 24.2 Å². The Kier molecular flexibility index (Phi) is 4.67. The molecule has 0 bridgehead atoms. The predicted octanol–water partition coefficient (Wildman–Crippen LogP) is -1.32. The largest absolute Gasteiger partial charge is 0.550 e. The van der Waals surface area contributed by atoms with Gasteiger partial charge in [0.05, 0.1) is 5.56 Å². The number of para-hydroxylation sites is 1. The van der Waals surface area contributed by atoms with Crippen molar-refractivity contribution in [1.29, 1.82) is 0 Å². The van der Waals surface area contributed by atoms with Crippen LogP contribution in [0.1, 0.15) is 23.2 Å². The smallest absolute Gasteiger partial charge is 0.273 e. The van der Waals surface area contributed by atoms with Gasteiger partial charge < -0.3 is 15.0 Å². The van der Waals surface area contributed by atoms with Gasteiger partial charge in [0.15, 0.2) is 0 Å². The summed E-state index contributed by atoms with van der Waals surface area (Å²) < 4.78 is 0. The topological polar surface area (TPSA) is 119 Å². The molecule has 2 amide bonds. The zero-order chi connectivity index (χ0) is 13.5. The first-order chi connectivity index (χ1) is 8.50. The fraction of sp³-hybridized carbons (Fsp3) is 0.182. The molecule has 0 unspecified atom stereocenters. The van der Waals surface area contributed by atoms with Gasteiger partial charge in [-0.1, -0.05) is 12.1 Å². The van der Waals surface area contributed by atoms with Gasteiger partial charge in [-0.25, -0.2) is 0 Å². The molecule has 18 heavy (non-hydrogen) atoms. The van der Waals surface area contributed by atoms with E-state index in [0.717, 1.165) is 0 Å². The summed E-state index contributed by atoms with van der Waals surface area (Å²) in [5.41, 5.74) is 4.07. The Morgan fingerprint density at radius 1 is 1.11 bits per heavy atom. The summed E-state index contributed by atoms with van der Waals surface area (Å²) in [4.78, 5) is 32.7. The van der Waals surface area contributed by atoms with Crippen LogP contribution in [0.3, 0.4) is 0 Å². The summed E-state index contributed by atoms with van der Waals surface area (Å²) in [6.07, 6.45) is -0.734. The van der Waals surface area contributed by atoms with Gasteiger partial charge in [-0.3, -0.25) is 20.4 Å². The zero-order valence-corrected chi connectivity index (χ0v) is 9.30. The molecule has 7 heteroatoms. The highest BCUT2D eigenvalue weighted by Gasteiger charge is 2.10. The molecule has 0 radical (unpaired) electrons. The maximum absolute atomic E-state index is 11.5. The Hall–Kier alpha value is -2.57. The summed E-state index contributed by atoms with van der Waals surface area (Å²) >= 11 is 0. The second-order valence-electron chi connectivity index (χ2n) is 3.39. The molecule has 0 aromatic heterocycles. The summed E-state index contributed by atoms with van der Waals surface area (Å²) in [7, 11) is 0. The molecular formula is C11H11N2O5-. The Labute approximate surface area is 102 Å². The minimum Gasteiger partial charge on any atom is -0.550 e. The summed E-state index contributed by atoms with van der Waals surface area (Å²) in [5.74, 6) is -2.94. The molecule has 0 aliphatic rings. The normalized spacial score (nSPS) is 9.56. The molecule has 0 aliphatic carbocycles. The number of rotatable bonds is 4. The number of aromatic hydroxyl groups is 1. The lowest BCUT2D eigenvalue weighted by Gasteiger charge is -2.08. The third-order valence-electron chi connectivity index (χ3n) is 2.02. The van der Waals surface area contributed by atoms with Gasteiger partial charge in [-0.15, -0.1) is 0 Å². The molecule has 0 spiro atoms. The van der Waals surface area contributed by atoms with Crippen LogP contribution in [0.25, 0.3) is 0 Å². The average molecular weight is 251 g/mol. The summed E-state index contributed by atoms with van der Waals surface area (Å²) in [6.45, 7) is 0. The Morgan fingerprint density at radius 3 is 2.39 bits per heavy atom. The van der Waals surface area contributed by atoms with E-state index in [1.54, 1.807) is 12.1 Å². The molecule has 0 aliphatic heterocycles. The molecule has 1 rings (SSSR count). The van der Waals surface area contributed by atoms with Gasteiger partial charge in [0, 0.05) is 12.4 Å². The molecule has 7 nitrogen and oxygen atoms in total. The van der Waals surface area contributed by atoms with Gasteiger partial charge >= 0.3 is 0 Å². The molecule has 0 atom stereocenters. The van der Waals surface area contributed by atoms with Gasteiger partial charge in [0.2, 0.25) is 5.91 Å². The van der Waals surface area contributed by atoms with E-state index in [0.29, 0.717) is 0 Å². The number of hydrogen-bond donors (Lipinski definition) is 3. The highest BCUT2D eigenvalue weighted by atomic mass is 16.4. The number of carboxylic acids is 1. The second-order valence-corrected chi connectivity index (χ2v) is 3.39. The van der Waals surface area contributed by atoms with Gasteiger partial charge in [-0.05, 0) is 18.6 Å². The minimum atomic E-state index is -1.35. The fourth-order valence-electron chi connectivity index (χ4n) is 1.14. The zero-order valence-electron chi connectivity index (χ0n) is 9.30. The first-order valence-electron chi connectivity index (χ1n) is 5.07. The maximum atomic E-state index is 11.5. The first-order valence-corrected chi connectivity index (χ1v) is 5.07. The lowest BCUT2D eigenvalue weighted by Crippen LogP contribution is -2.42. The first kappa shape index (κ1) is 13.5. The number of carbonyl (C=O) groups excluding carboxylic acids is 3. The van der Waals surface area contributed by atoms with Crippen LogP contribution in [-0.2, 0) is 9.59 Å². The van der Waals surface area contributed by atoms with Crippen molar-refractivity contribution in [2.24, 2.45) is 0 Å². The number of hydrazine groups is 1. The van der Waals surface area contributed by atoms with Gasteiger partial charge in [0.25, 0.3) is 5.91 Å². The molecular weight excluding hydrogens is 240 g/mol. The quantitative estimate of drug-likeness (QED) is 0.574. The van der Waals surface area contributed by atoms with Gasteiger partial charge in [0.1, 0.15) is 5.75 Å². The van der Waals surface area contributed by atoms with E-state index >= 15 is 0 Å². The number of phenolic OH excluding ortho intramolecular Hbond substituents is 1. The standard InChI is InChI=1S/C11H12N2O5/c14-8-4-2-1-3-7(8)11(18)13-12-9(15)5-6-10(16)17/h1-4,14H,5-6H2,(H,12,15)(H,13,18)(H,16,17)/p-1. The molecule has 0 saturated carbocycles. The number of aliphatic carboxylic acids is 1.